The Morgan fingerprint density at radius 1 is 1.05 bits per heavy atom. The minimum Gasteiger partial charge on any atom is -0.494 e. The third-order valence-electron chi connectivity index (χ3n) is 3.11. The summed E-state index contributed by atoms with van der Waals surface area (Å²) >= 11 is 3.42. The highest BCUT2D eigenvalue weighted by molar-refractivity contribution is 9.10. The Hall–Kier alpha value is -2.21. The van der Waals surface area contributed by atoms with E-state index in [4.69, 9.17) is 4.74 Å². The molecule has 0 spiro atoms. The average molecular weight is 359 g/mol. The van der Waals surface area contributed by atoms with Crippen LogP contribution in [0.1, 0.15) is 12.5 Å². The van der Waals surface area contributed by atoms with E-state index >= 15 is 0 Å². The van der Waals surface area contributed by atoms with Gasteiger partial charge in [0.15, 0.2) is 0 Å². The van der Waals surface area contributed by atoms with Gasteiger partial charge in [0.2, 0.25) is 5.82 Å². The summed E-state index contributed by atoms with van der Waals surface area (Å²) in [7, 11) is 0. The van der Waals surface area contributed by atoms with E-state index in [1.54, 1.807) is 4.80 Å². The molecule has 1 aromatic heterocycles. The topological polar surface area (TPSA) is 52.8 Å². The highest BCUT2D eigenvalue weighted by atomic mass is 79.9. The molecular formula is C16H15BrN4O. The number of hydrogen-bond donors (Lipinski definition) is 0. The Bertz CT molecular complexity index is 738. The van der Waals surface area contributed by atoms with Crippen molar-refractivity contribution in [3.63, 3.8) is 0 Å². The predicted octanol–water partition coefficient (Wildman–Crippen LogP) is 3.55. The van der Waals surface area contributed by atoms with Crippen molar-refractivity contribution in [3.8, 4) is 17.1 Å². The SMILES string of the molecule is CCOc1ccc(-c2nnn(Cc3ccc(Br)cc3)n2)cc1. The van der Waals surface area contributed by atoms with Crippen LogP contribution in [0.2, 0.25) is 0 Å². The lowest BCUT2D eigenvalue weighted by molar-refractivity contribution is 0.340. The van der Waals surface area contributed by atoms with E-state index in [9.17, 15) is 0 Å². The molecule has 0 saturated carbocycles. The molecule has 112 valence electrons. The first-order valence-corrected chi connectivity index (χ1v) is 7.79. The summed E-state index contributed by atoms with van der Waals surface area (Å²) < 4.78 is 6.48. The van der Waals surface area contributed by atoms with Crippen molar-refractivity contribution in [3.05, 3.63) is 58.6 Å². The van der Waals surface area contributed by atoms with Crippen molar-refractivity contribution in [1.82, 2.24) is 20.2 Å². The van der Waals surface area contributed by atoms with E-state index in [-0.39, 0.29) is 0 Å². The lowest BCUT2D eigenvalue weighted by atomic mass is 10.2. The van der Waals surface area contributed by atoms with Crippen LogP contribution in [-0.4, -0.2) is 26.8 Å². The number of tetrazole rings is 1. The van der Waals surface area contributed by atoms with E-state index in [1.807, 2.05) is 55.5 Å². The number of hydrogen-bond acceptors (Lipinski definition) is 4. The second-order valence-electron chi connectivity index (χ2n) is 4.73. The fourth-order valence-corrected chi connectivity index (χ4v) is 2.31. The first-order valence-electron chi connectivity index (χ1n) is 7.00. The van der Waals surface area contributed by atoms with Crippen LogP contribution < -0.4 is 4.74 Å². The third-order valence-corrected chi connectivity index (χ3v) is 3.64. The second-order valence-corrected chi connectivity index (χ2v) is 5.64. The molecule has 0 saturated heterocycles. The fraction of sp³-hybridized carbons (Fsp3) is 0.188. The molecule has 0 unspecified atom stereocenters. The van der Waals surface area contributed by atoms with Crippen LogP contribution in [0.15, 0.2) is 53.0 Å². The van der Waals surface area contributed by atoms with Crippen molar-refractivity contribution in [1.29, 1.82) is 0 Å². The van der Waals surface area contributed by atoms with E-state index in [2.05, 4.69) is 31.3 Å². The van der Waals surface area contributed by atoms with E-state index in [0.29, 0.717) is 19.0 Å². The maximum atomic E-state index is 5.43. The van der Waals surface area contributed by atoms with Gasteiger partial charge in [-0.05, 0) is 54.1 Å². The van der Waals surface area contributed by atoms with Gasteiger partial charge in [-0.3, -0.25) is 0 Å². The highest BCUT2D eigenvalue weighted by Crippen LogP contribution is 2.19. The average Bonchev–Trinajstić information content (AvgIpc) is 2.99. The molecule has 3 rings (SSSR count). The van der Waals surface area contributed by atoms with Gasteiger partial charge in [-0.15, -0.1) is 10.2 Å². The zero-order chi connectivity index (χ0) is 15.4. The number of nitrogens with zero attached hydrogens (tertiary/aromatic N) is 4. The minimum atomic E-state index is 0.595. The number of halogens is 1. The Balaban J connectivity index is 1.74. The molecule has 0 aliphatic rings. The number of ether oxygens (including phenoxy) is 1. The minimum absolute atomic E-state index is 0.595. The summed E-state index contributed by atoms with van der Waals surface area (Å²) in [5, 5.41) is 12.6. The Kier molecular flexibility index (Phi) is 4.48. The molecule has 0 aliphatic carbocycles. The molecular weight excluding hydrogens is 344 g/mol. The van der Waals surface area contributed by atoms with Gasteiger partial charge in [0.05, 0.1) is 13.2 Å². The predicted molar refractivity (Wildman–Crippen MR) is 87.7 cm³/mol. The largest absolute Gasteiger partial charge is 0.494 e. The summed E-state index contributed by atoms with van der Waals surface area (Å²) in [5.41, 5.74) is 2.05. The van der Waals surface area contributed by atoms with Crippen LogP contribution in [0.3, 0.4) is 0 Å². The molecule has 0 radical (unpaired) electrons. The van der Waals surface area contributed by atoms with Crippen LogP contribution in [-0.2, 0) is 6.54 Å². The lowest BCUT2D eigenvalue weighted by Gasteiger charge is -2.02. The molecule has 0 bridgehead atoms. The molecule has 6 heteroatoms. The van der Waals surface area contributed by atoms with Gasteiger partial charge < -0.3 is 4.74 Å². The lowest BCUT2D eigenvalue weighted by Crippen LogP contribution is -2.03. The van der Waals surface area contributed by atoms with Gasteiger partial charge in [0.1, 0.15) is 5.75 Å². The summed E-state index contributed by atoms with van der Waals surface area (Å²) in [6.07, 6.45) is 0. The van der Waals surface area contributed by atoms with Crippen LogP contribution >= 0.6 is 15.9 Å². The van der Waals surface area contributed by atoms with Crippen molar-refractivity contribution in [2.24, 2.45) is 0 Å². The zero-order valence-electron chi connectivity index (χ0n) is 12.1. The quantitative estimate of drug-likeness (QED) is 0.699. The molecule has 5 nitrogen and oxygen atoms in total. The van der Waals surface area contributed by atoms with Crippen molar-refractivity contribution in [2.45, 2.75) is 13.5 Å². The number of aromatic nitrogens is 4. The van der Waals surface area contributed by atoms with E-state index in [0.717, 1.165) is 21.3 Å². The summed E-state index contributed by atoms with van der Waals surface area (Å²) in [6.45, 7) is 3.21. The van der Waals surface area contributed by atoms with Gasteiger partial charge >= 0.3 is 0 Å². The fourth-order valence-electron chi connectivity index (χ4n) is 2.05. The number of benzene rings is 2. The van der Waals surface area contributed by atoms with Crippen LogP contribution in [0.25, 0.3) is 11.4 Å². The Labute approximate surface area is 137 Å². The Morgan fingerprint density at radius 2 is 1.77 bits per heavy atom. The maximum absolute atomic E-state index is 5.43. The van der Waals surface area contributed by atoms with Crippen LogP contribution in [0.5, 0.6) is 5.75 Å². The number of rotatable bonds is 5. The summed E-state index contributed by atoms with van der Waals surface area (Å²) in [4.78, 5) is 1.59. The van der Waals surface area contributed by atoms with Crippen LogP contribution in [0, 0.1) is 0 Å². The molecule has 3 aromatic rings. The first kappa shape index (κ1) is 14.7. The normalized spacial score (nSPS) is 10.6. The third kappa shape index (κ3) is 3.51. The molecule has 0 amide bonds. The highest BCUT2D eigenvalue weighted by Gasteiger charge is 2.06. The van der Waals surface area contributed by atoms with Gasteiger partial charge in [-0.1, -0.05) is 28.1 Å². The van der Waals surface area contributed by atoms with Gasteiger partial charge in [-0.25, -0.2) is 0 Å². The smallest absolute Gasteiger partial charge is 0.204 e. The molecule has 22 heavy (non-hydrogen) atoms. The van der Waals surface area contributed by atoms with Gasteiger partial charge in [0, 0.05) is 10.0 Å². The van der Waals surface area contributed by atoms with E-state index < -0.39 is 0 Å². The van der Waals surface area contributed by atoms with Crippen LogP contribution in [0.4, 0.5) is 0 Å². The monoisotopic (exact) mass is 358 g/mol. The molecule has 0 fully saturated rings. The summed E-state index contributed by atoms with van der Waals surface area (Å²) in [5.74, 6) is 1.45. The van der Waals surface area contributed by atoms with Gasteiger partial charge in [0.25, 0.3) is 0 Å². The molecule has 0 atom stereocenters. The van der Waals surface area contributed by atoms with Crippen molar-refractivity contribution < 1.29 is 4.74 Å². The maximum Gasteiger partial charge on any atom is 0.204 e. The van der Waals surface area contributed by atoms with Crippen molar-refractivity contribution >= 4 is 15.9 Å². The van der Waals surface area contributed by atoms with Crippen molar-refractivity contribution in [2.75, 3.05) is 6.61 Å². The standard InChI is InChI=1S/C16H15BrN4O/c1-2-22-15-9-5-13(6-10-15)16-18-20-21(19-16)11-12-3-7-14(17)8-4-12/h3-10H,2,11H2,1H3. The molecule has 0 N–H and O–H groups in total. The molecule has 0 aliphatic heterocycles. The summed E-state index contributed by atoms with van der Waals surface area (Å²) in [6, 6.07) is 15.8. The first-order chi connectivity index (χ1) is 10.7. The molecule has 1 heterocycles. The zero-order valence-corrected chi connectivity index (χ0v) is 13.7. The molecule has 2 aromatic carbocycles. The Morgan fingerprint density at radius 3 is 2.45 bits per heavy atom. The van der Waals surface area contributed by atoms with Gasteiger partial charge in [-0.2, -0.15) is 4.80 Å². The van der Waals surface area contributed by atoms with E-state index in [1.165, 1.54) is 0 Å². The second kappa shape index (κ2) is 6.70.